The third-order valence-electron chi connectivity index (χ3n) is 2.45. The van der Waals surface area contributed by atoms with Gasteiger partial charge in [-0.3, -0.25) is 9.59 Å². The molecule has 1 atom stereocenters. The zero-order chi connectivity index (χ0) is 13.5. The fourth-order valence-corrected chi connectivity index (χ4v) is 1.54. The molecule has 0 saturated heterocycles. The van der Waals surface area contributed by atoms with Crippen molar-refractivity contribution in [2.45, 2.75) is 32.3 Å². The number of carbonyl (C=O) groups excluding carboxylic acids is 2. The Morgan fingerprint density at radius 3 is 2.67 bits per heavy atom. The van der Waals surface area contributed by atoms with Crippen LogP contribution in [0.15, 0.2) is 24.3 Å². The van der Waals surface area contributed by atoms with Crippen LogP contribution in [0.1, 0.15) is 25.3 Å². The minimum absolute atomic E-state index is 0.0901. The van der Waals surface area contributed by atoms with Gasteiger partial charge in [0.1, 0.15) is 0 Å². The molecule has 4 N–H and O–H groups in total. The number of para-hydroxylation sites is 1. The Kier molecular flexibility index (Phi) is 5.32. The number of aliphatic hydroxyl groups is 1. The number of aliphatic hydroxyl groups excluding tert-OH is 1. The fraction of sp³-hybridized carbons (Fsp3) is 0.385. The van der Waals surface area contributed by atoms with Crippen molar-refractivity contribution < 1.29 is 14.7 Å². The Labute approximate surface area is 106 Å². The largest absolute Gasteiger partial charge is 0.393 e. The summed E-state index contributed by atoms with van der Waals surface area (Å²) in [5.74, 6) is -0.631. The molecule has 1 rings (SSSR count). The van der Waals surface area contributed by atoms with E-state index in [1.807, 2.05) is 0 Å². The van der Waals surface area contributed by atoms with Crippen LogP contribution in [0, 0.1) is 0 Å². The first-order valence-corrected chi connectivity index (χ1v) is 5.83. The van der Waals surface area contributed by atoms with Gasteiger partial charge in [-0.05, 0) is 25.0 Å². The summed E-state index contributed by atoms with van der Waals surface area (Å²) in [6, 6.07) is 7.02. The van der Waals surface area contributed by atoms with Crippen LogP contribution in [-0.4, -0.2) is 23.0 Å². The third kappa shape index (κ3) is 4.97. The van der Waals surface area contributed by atoms with Crippen LogP contribution >= 0.6 is 0 Å². The zero-order valence-electron chi connectivity index (χ0n) is 10.3. The van der Waals surface area contributed by atoms with Crippen LogP contribution in [0.2, 0.25) is 0 Å². The van der Waals surface area contributed by atoms with Gasteiger partial charge in [0.2, 0.25) is 11.8 Å². The number of nitrogens with two attached hydrogens (primary N) is 1. The van der Waals surface area contributed by atoms with Crippen molar-refractivity contribution >= 4 is 17.5 Å². The SMILES string of the molecule is CC(O)CCC(=O)Nc1ccccc1CC(N)=O. The number of carbonyl (C=O) groups is 2. The second-order valence-electron chi connectivity index (χ2n) is 4.24. The summed E-state index contributed by atoms with van der Waals surface area (Å²) in [5.41, 5.74) is 6.42. The van der Waals surface area contributed by atoms with Gasteiger partial charge in [-0.25, -0.2) is 0 Å². The molecule has 18 heavy (non-hydrogen) atoms. The molecule has 0 aliphatic rings. The van der Waals surface area contributed by atoms with E-state index in [1.54, 1.807) is 31.2 Å². The van der Waals surface area contributed by atoms with Gasteiger partial charge in [0, 0.05) is 12.1 Å². The number of hydrogen-bond acceptors (Lipinski definition) is 3. The molecule has 2 amide bonds. The van der Waals surface area contributed by atoms with Crippen molar-refractivity contribution in [2.75, 3.05) is 5.32 Å². The maximum absolute atomic E-state index is 11.6. The predicted molar refractivity (Wildman–Crippen MR) is 68.9 cm³/mol. The molecule has 98 valence electrons. The number of amides is 2. The summed E-state index contributed by atoms with van der Waals surface area (Å²) in [4.78, 5) is 22.5. The third-order valence-corrected chi connectivity index (χ3v) is 2.45. The minimum atomic E-state index is -0.503. The highest BCUT2D eigenvalue weighted by Gasteiger charge is 2.09. The van der Waals surface area contributed by atoms with Crippen LogP contribution in [0.5, 0.6) is 0 Å². The highest BCUT2D eigenvalue weighted by molar-refractivity contribution is 5.92. The first-order chi connectivity index (χ1) is 8.49. The molecule has 1 aromatic rings. The van der Waals surface area contributed by atoms with E-state index in [2.05, 4.69) is 5.32 Å². The van der Waals surface area contributed by atoms with E-state index in [1.165, 1.54) is 0 Å². The van der Waals surface area contributed by atoms with Crippen molar-refractivity contribution in [3.63, 3.8) is 0 Å². The van der Waals surface area contributed by atoms with Crippen molar-refractivity contribution in [1.82, 2.24) is 0 Å². The molecule has 0 heterocycles. The summed E-state index contributed by atoms with van der Waals surface area (Å²) in [6.07, 6.45) is 0.232. The summed E-state index contributed by atoms with van der Waals surface area (Å²) >= 11 is 0. The van der Waals surface area contributed by atoms with Crippen LogP contribution in [0.4, 0.5) is 5.69 Å². The Morgan fingerprint density at radius 1 is 1.39 bits per heavy atom. The second-order valence-corrected chi connectivity index (χ2v) is 4.24. The first kappa shape index (κ1) is 14.2. The molecule has 1 aromatic carbocycles. The van der Waals surface area contributed by atoms with Gasteiger partial charge in [0.05, 0.1) is 12.5 Å². The smallest absolute Gasteiger partial charge is 0.224 e. The number of hydrogen-bond donors (Lipinski definition) is 3. The molecule has 0 radical (unpaired) electrons. The van der Waals surface area contributed by atoms with Crippen LogP contribution in [-0.2, 0) is 16.0 Å². The van der Waals surface area contributed by atoms with E-state index in [4.69, 9.17) is 10.8 Å². The van der Waals surface area contributed by atoms with E-state index in [-0.39, 0.29) is 18.7 Å². The van der Waals surface area contributed by atoms with Crippen molar-refractivity contribution in [2.24, 2.45) is 5.73 Å². The Balaban J connectivity index is 2.65. The molecule has 5 heteroatoms. The molecule has 0 bridgehead atoms. The average molecular weight is 250 g/mol. The van der Waals surface area contributed by atoms with Crippen molar-refractivity contribution in [1.29, 1.82) is 0 Å². The van der Waals surface area contributed by atoms with Gasteiger partial charge in [0.25, 0.3) is 0 Å². The molecule has 0 fully saturated rings. The molecule has 5 nitrogen and oxygen atoms in total. The van der Waals surface area contributed by atoms with E-state index in [0.717, 1.165) is 0 Å². The van der Waals surface area contributed by atoms with E-state index in [0.29, 0.717) is 17.7 Å². The Morgan fingerprint density at radius 2 is 2.06 bits per heavy atom. The summed E-state index contributed by atoms with van der Waals surface area (Å²) < 4.78 is 0. The number of benzene rings is 1. The Bertz CT molecular complexity index is 430. The van der Waals surface area contributed by atoms with E-state index in [9.17, 15) is 9.59 Å². The minimum Gasteiger partial charge on any atom is -0.393 e. The first-order valence-electron chi connectivity index (χ1n) is 5.83. The van der Waals surface area contributed by atoms with Gasteiger partial charge in [0.15, 0.2) is 0 Å². The Hall–Kier alpha value is -1.88. The lowest BCUT2D eigenvalue weighted by Gasteiger charge is -2.10. The topological polar surface area (TPSA) is 92.4 Å². The summed E-state index contributed by atoms with van der Waals surface area (Å²) in [5, 5.41) is 11.8. The predicted octanol–water partition coefficient (Wildman–Crippen LogP) is 0.814. The van der Waals surface area contributed by atoms with Crippen LogP contribution in [0.3, 0.4) is 0 Å². The number of rotatable bonds is 6. The molecule has 0 aliphatic heterocycles. The summed E-state index contributed by atoms with van der Waals surface area (Å²) in [6.45, 7) is 1.63. The van der Waals surface area contributed by atoms with Crippen LogP contribution < -0.4 is 11.1 Å². The zero-order valence-corrected chi connectivity index (χ0v) is 10.3. The molecular formula is C13H18N2O3. The van der Waals surface area contributed by atoms with E-state index >= 15 is 0 Å². The van der Waals surface area contributed by atoms with Gasteiger partial charge in [-0.1, -0.05) is 18.2 Å². The lowest BCUT2D eigenvalue weighted by molar-refractivity contribution is -0.118. The summed E-state index contributed by atoms with van der Waals surface area (Å²) in [7, 11) is 0. The maximum Gasteiger partial charge on any atom is 0.224 e. The number of nitrogens with one attached hydrogen (secondary N) is 1. The fourth-order valence-electron chi connectivity index (χ4n) is 1.54. The number of primary amides is 1. The van der Waals surface area contributed by atoms with Gasteiger partial charge >= 0.3 is 0 Å². The number of anilines is 1. The molecule has 0 saturated carbocycles. The molecule has 1 unspecified atom stereocenters. The van der Waals surface area contributed by atoms with E-state index < -0.39 is 12.0 Å². The monoisotopic (exact) mass is 250 g/mol. The molecule has 0 aromatic heterocycles. The standard InChI is InChI=1S/C13H18N2O3/c1-9(16)6-7-13(18)15-11-5-3-2-4-10(11)8-12(14)17/h2-5,9,16H,6-8H2,1H3,(H2,14,17)(H,15,18). The maximum atomic E-state index is 11.6. The molecular weight excluding hydrogens is 232 g/mol. The lowest BCUT2D eigenvalue weighted by atomic mass is 10.1. The lowest BCUT2D eigenvalue weighted by Crippen LogP contribution is -2.18. The highest BCUT2D eigenvalue weighted by atomic mass is 16.3. The van der Waals surface area contributed by atoms with Gasteiger partial charge < -0.3 is 16.2 Å². The quantitative estimate of drug-likeness (QED) is 0.697. The van der Waals surface area contributed by atoms with Crippen molar-refractivity contribution in [3.05, 3.63) is 29.8 Å². The highest BCUT2D eigenvalue weighted by Crippen LogP contribution is 2.16. The van der Waals surface area contributed by atoms with Gasteiger partial charge in [-0.2, -0.15) is 0 Å². The average Bonchev–Trinajstić information content (AvgIpc) is 2.28. The normalized spacial score (nSPS) is 11.9. The molecule has 0 aliphatic carbocycles. The van der Waals surface area contributed by atoms with Crippen LogP contribution in [0.25, 0.3) is 0 Å². The van der Waals surface area contributed by atoms with Gasteiger partial charge in [-0.15, -0.1) is 0 Å². The second kappa shape index (κ2) is 6.76. The molecule has 0 spiro atoms. The van der Waals surface area contributed by atoms with Crippen molar-refractivity contribution in [3.8, 4) is 0 Å².